The summed E-state index contributed by atoms with van der Waals surface area (Å²) in [5.74, 6) is -1.43. The Morgan fingerprint density at radius 2 is 1.71 bits per heavy atom. The molecule has 0 aromatic heterocycles. The van der Waals surface area contributed by atoms with E-state index in [1.54, 1.807) is 0 Å². The van der Waals surface area contributed by atoms with E-state index >= 15 is 0 Å². The Bertz CT molecular complexity index is 263. The lowest BCUT2D eigenvalue weighted by atomic mass is 10.1. The first kappa shape index (κ1) is 15.6. The molecule has 0 bridgehead atoms. The fourth-order valence-corrected chi connectivity index (χ4v) is 1.32. The number of imide groups is 1. The molecular formula is C12H21NO4. The van der Waals surface area contributed by atoms with Gasteiger partial charge in [-0.2, -0.15) is 0 Å². The van der Waals surface area contributed by atoms with Gasteiger partial charge in [-0.1, -0.05) is 32.6 Å². The van der Waals surface area contributed by atoms with E-state index in [4.69, 9.17) is 4.74 Å². The zero-order valence-corrected chi connectivity index (χ0v) is 10.6. The molecule has 0 fully saturated rings. The van der Waals surface area contributed by atoms with Crippen LogP contribution in [-0.4, -0.2) is 24.4 Å². The van der Waals surface area contributed by atoms with Crippen LogP contribution in [0.3, 0.4) is 0 Å². The third kappa shape index (κ3) is 10.9. The van der Waals surface area contributed by atoms with Gasteiger partial charge in [0.25, 0.3) is 5.91 Å². The SMILES string of the molecule is CCCCCCCC(=O)OCC(=O)NC(C)=O. The van der Waals surface area contributed by atoms with Crippen LogP contribution < -0.4 is 5.32 Å². The third-order valence-electron chi connectivity index (χ3n) is 2.16. The Labute approximate surface area is 102 Å². The van der Waals surface area contributed by atoms with E-state index in [9.17, 15) is 14.4 Å². The lowest BCUT2D eigenvalue weighted by Gasteiger charge is -2.04. The van der Waals surface area contributed by atoms with Crippen LogP contribution in [0.5, 0.6) is 0 Å². The van der Waals surface area contributed by atoms with Gasteiger partial charge in [0.05, 0.1) is 0 Å². The molecule has 2 amide bonds. The zero-order valence-electron chi connectivity index (χ0n) is 10.6. The van der Waals surface area contributed by atoms with Crippen molar-refractivity contribution in [3.05, 3.63) is 0 Å². The molecule has 0 rings (SSSR count). The van der Waals surface area contributed by atoms with Gasteiger partial charge in [-0.15, -0.1) is 0 Å². The molecule has 1 N–H and O–H groups in total. The predicted molar refractivity (Wildman–Crippen MR) is 63.2 cm³/mol. The van der Waals surface area contributed by atoms with Crippen LogP contribution >= 0.6 is 0 Å². The zero-order chi connectivity index (χ0) is 13.1. The second-order valence-electron chi connectivity index (χ2n) is 3.93. The smallest absolute Gasteiger partial charge is 0.306 e. The van der Waals surface area contributed by atoms with E-state index in [2.05, 4.69) is 6.92 Å². The molecule has 0 aromatic rings. The number of ether oxygens (including phenoxy) is 1. The second kappa shape index (κ2) is 9.81. The second-order valence-corrected chi connectivity index (χ2v) is 3.93. The molecule has 5 heteroatoms. The Morgan fingerprint density at radius 1 is 1.06 bits per heavy atom. The molecule has 0 heterocycles. The van der Waals surface area contributed by atoms with Crippen LogP contribution in [0.1, 0.15) is 52.4 Å². The summed E-state index contributed by atoms with van der Waals surface area (Å²) in [6, 6.07) is 0. The summed E-state index contributed by atoms with van der Waals surface area (Å²) in [5, 5.41) is 2.03. The summed E-state index contributed by atoms with van der Waals surface area (Å²) in [4.78, 5) is 32.6. The molecule has 17 heavy (non-hydrogen) atoms. The van der Waals surface area contributed by atoms with Crippen molar-refractivity contribution in [3.63, 3.8) is 0 Å². The van der Waals surface area contributed by atoms with Gasteiger partial charge in [-0.05, 0) is 6.42 Å². The maximum absolute atomic E-state index is 11.2. The minimum atomic E-state index is -0.586. The van der Waals surface area contributed by atoms with Gasteiger partial charge in [0.1, 0.15) is 0 Å². The number of carbonyl (C=O) groups is 3. The van der Waals surface area contributed by atoms with E-state index < -0.39 is 11.8 Å². The number of rotatable bonds is 8. The number of amides is 2. The molecular weight excluding hydrogens is 222 g/mol. The van der Waals surface area contributed by atoms with E-state index in [1.807, 2.05) is 5.32 Å². The van der Waals surface area contributed by atoms with Gasteiger partial charge in [-0.25, -0.2) is 0 Å². The van der Waals surface area contributed by atoms with Crippen molar-refractivity contribution >= 4 is 17.8 Å². The minimum absolute atomic E-state index is 0.330. The molecule has 0 atom stereocenters. The molecule has 0 aliphatic heterocycles. The van der Waals surface area contributed by atoms with Crippen LogP contribution in [0, 0.1) is 0 Å². The van der Waals surface area contributed by atoms with Crippen LogP contribution in [0.15, 0.2) is 0 Å². The first-order valence-electron chi connectivity index (χ1n) is 6.02. The topological polar surface area (TPSA) is 72.5 Å². The quantitative estimate of drug-likeness (QED) is 0.518. The molecule has 0 aliphatic carbocycles. The van der Waals surface area contributed by atoms with E-state index in [0.717, 1.165) is 25.7 Å². The highest BCUT2D eigenvalue weighted by molar-refractivity contribution is 5.95. The van der Waals surface area contributed by atoms with Crippen LogP contribution in [0.25, 0.3) is 0 Å². The lowest BCUT2D eigenvalue weighted by molar-refractivity contribution is -0.149. The third-order valence-corrected chi connectivity index (χ3v) is 2.16. The number of hydrogen-bond donors (Lipinski definition) is 1. The summed E-state index contributed by atoms with van der Waals surface area (Å²) < 4.78 is 4.71. The lowest BCUT2D eigenvalue weighted by Crippen LogP contribution is -2.32. The highest BCUT2D eigenvalue weighted by atomic mass is 16.5. The van der Waals surface area contributed by atoms with Crippen LogP contribution in [0.2, 0.25) is 0 Å². The maximum atomic E-state index is 11.2. The number of unbranched alkanes of at least 4 members (excludes halogenated alkanes) is 4. The van der Waals surface area contributed by atoms with Crippen molar-refractivity contribution in [3.8, 4) is 0 Å². The fraction of sp³-hybridized carbons (Fsp3) is 0.750. The number of esters is 1. The van der Waals surface area contributed by atoms with Gasteiger partial charge in [0, 0.05) is 13.3 Å². The van der Waals surface area contributed by atoms with E-state index in [1.165, 1.54) is 13.3 Å². The standard InChI is InChI=1S/C12H21NO4/c1-3-4-5-6-7-8-12(16)17-9-11(15)13-10(2)14/h3-9H2,1-2H3,(H,13,14,15). The Morgan fingerprint density at radius 3 is 2.29 bits per heavy atom. The van der Waals surface area contributed by atoms with Crippen molar-refractivity contribution in [2.24, 2.45) is 0 Å². The minimum Gasteiger partial charge on any atom is -0.456 e. The van der Waals surface area contributed by atoms with Crippen LogP contribution in [-0.2, 0) is 19.1 Å². The molecule has 98 valence electrons. The highest BCUT2D eigenvalue weighted by Gasteiger charge is 2.08. The summed E-state index contributed by atoms with van der Waals surface area (Å²) in [7, 11) is 0. The summed E-state index contributed by atoms with van der Waals surface area (Å²) in [5.41, 5.74) is 0. The molecule has 0 aromatic carbocycles. The average Bonchev–Trinajstić information content (AvgIpc) is 2.25. The molecule has 0 saturated carbocycles. The Balaban J connectivity index is 3.46. The number of carbonyl (C=O) groups excluding carboxylic acids is 3. The van der Waals surface area contributed by atoms with Gasteiger partial charge in [0.15, 0.2) is 6.61 Å². The first-order chi connectivity index (χ1) is 8.06. The average molecular weight is 243 g/mol. The summed E-state index contributed by atoms with van der Waals surface area (Å²) in [6.07, 6.45) is 5.58. The van der Waals surface area contributed by atoms with Crippen molar-refractivity contribution < 1.29 is 19.1 Å². The predicted octanol–water partition coefficient (Wildman–Crippen LogP) is 1.55. The molecule has 0 saturated heterocycles. The monoisotopic (exact) mass is 243 g/mol. The van der Waals surface area contributed by atoms with Gasteiger partial charge < -0.3 is 4.74 Å². The Hall–Kier alpha value is -1.39. The van der Waals surface area contributed by atoms with E-state index in [0.29, 0.717) is 6.42 Å². The van der Waals surface area contributed by atoms with Gasteiger partial charge >= 0.3 is 5.97 Å². The van der Waals surface area contributed by atoms with Crippen molar-refractivity contribution in [2.45, 2.75) is 52.4 Å². The Kier molecular flexibility index (Phi) is 9.01. The molecule has 0 unspecified atom stereocenters. The van der Waals surface area contributed by atoms with Gasteiger partial charge in [-0.3, -0.25) is 19.7 Å². The molecule has 0 aliphatic rings. The van der Waals surface area contributed by atoms with E-state index in [-0.39, 0.29) is 12.6 Å². The normalized spacial score (nSPS) is 9.76. The first-order valence-corrected chi connectivity index (χ1v) is 6.02. The molecule has 0 spiro atoms. The summed E-state index contributed by atoms with van der Waals surface area (Å²) in [6.45, 7) is 2.97. The van der Waals surface area contributed by atoms with Crippen LogP contribution in [0.4, 0.5) is 0 Å². The number of hydrogen-bond acceptors (Lipinski definition) is 4. The molecule has 5 nitrogen and oxygen atoms in total. The number of nitrogens with one attached hydrogen (secondary N) is 1. The highest BCUT2D eigenvalue weighted by Crippen LogP contribution is 2.05. The van der Waals surface area contributed by atoms with Crippen molar-refractivity contribution in [2.75, 3.05) is 6.61 Å². The molecule has 0 radical (unpaired) electrons. The van der Waals surface area contributed by atoms with Crippen molar-refractivity contribution in [1.29, 1.82) is 0 Å². The fourth-order valence-electron chi connectivity index (χ4n) is 1.32. The maximum Gasteiger partial charge on any atom is 0.306 e. The largest absolute Gasteiger partial charge is 0.456 e. The van der Waals surface area contributed by atoms with Crippen molar-refractivity contribution in [1.82, 2.24) is 5.32 Å². The summed E-state index contributed by atoms with van der Waals surface area (Å²) >= 11 is 0. The van der Waals surface area contributed by atoms with Gasteiger partial charge in [0.2, 0.25) is 5.91 Å².